The Kier molecular flexibility index (Phi) is 5.01. The monoisotopic (exact) mass is 274 g/mol. The smallest absolute Gasteiger partial charge is 0.134 e. The molecular formula is C10H15BrN2O2. The molecule has 0 amide bonds. The van der Waals surface area contributed by atoms with Gasteiger partial charge < -0.3 is 15.1 Å². The topological polar surface area (TPSA) is 56.6 Å². The molecule has 4 nitrogen and oxygen atoms in total. The van der Waals surface area contributed by atoms with Gasteiger partial charge >= 0.3 is 0 Å². The number of aromatic nitrogens is 1. The van der Waals surface area contributed by atoms with Crippen LogP contribution in [0.25, 0.3) is 0 Å². The van der Waals surface area contributed by atoms with Crippen molar-refractivity contribution in [3.63, 3.8) is 0 Å². The minimum Gasteiger partial charge on any atom is -0.395 e. The summed E-state index contributed by atoms with van der Waals surface area (Å²) in [6.07, 6.45) is 1.69. The van der Waals surface area contributed by atoms with E-state index in [0.717, 1.165) is 22.4 Å². The lowest BCUT2D eigenvalue weighted by molar-refractivity contribution is 0.280. The quantitative estimate of drug-likeness (QED) is 0.846. The maximum atomic E-state index is 9.21. The Morgan fingerprint density at radius 1 is 1.47 bits per heavy atom. The zero-order chi connectivity index (χ0) is 11.3. The number of halogens is 1. The van der Waals surface area contributed by atoms with E-state index in [1.165, 1.54) is 0 Å². The van der Waals surface area contributed by atoms with Gasteiger partial charge in [-0.05, 0) is 28.9 Å². The summed E-state index contributed by atoms with van der Waals surface area (Å²) in [6, 6.07) is 1.84. The van der Waals surface area contributed by atoms with Crippen LogP contribution in [0, 0.1) is 0 Å². The molecule has 1 aromatic rings. The van der Waals surface area contributed by atoms with Crippen molar-refractivity contribution in [2.75, 3.05) is 24.6 Å². The van der Waals surface area contributed by atoms with Gasteiger partial charge in [-0.15, -0.1) is 0 Å². The van der Waals surface area contributed by atoms with Gasteiger partial charge in [0, 0.05) is 29.3 Å². The summed E-state index contributed by atoms with van der Waals surface area (Å²) in [5.41, 5.74) is 0.764. The molecular weight excluding hydrogens is 260 g/mol. The van der Waals surface area contributed by atoms with E-state index in [-0.39, 0.29) is 13.2 Å². The average Bonchev–Trinajstić information content (AvgIpc) is 2.26. The number of hydrogen-bond acceptors (Lipinski definition) is 4. The highest BCUT2D eigenvalue weighted by Gasteiger charge is 2.10. The molecule has 0 aliphatic heterocycles. The van der Waals surface area contributed by atoms with Gasteiger partial charge in [-0.2, -0.15) is 0 Å². The molecule has 0 bridgehead atoms. The first kappa shape index (κ1) is 12.4. The van der Waals surface area contributed by atoms with E-state index in [2.05, 4.69) is 20.9 Å². The lowest BCUT2D eigenvalue weighted by Gasteiger charge is -2.23. The average molecular weight is 275 g/mol. The van der Waals surface area contributed by atoms with Crippen molar-refractivity contribution in [1.82, 2.24) is 4.98 Å². The number of anilines is 1. The van der Waals surface area contributed by atoms with Crippen LogP contribution in [-0.2, 0) is 6.61 Å². The van der Waals surface area contributed by atoms with E-state index in [0.29, 0.717) is 6.54 Å². The molecule has 0 radical (unpaired) electrons. The second-order valence-corrected chi connectivity index (χ2v) is 4.01. The van der Waals surface area contributed by atoms with Crippen LogP contribution in [0.3, 0.4) is 0 Å². The molecule has 5 heteroatoms. The Labute approximate surface area is 97.7 Å². The summed E-state index contributed by atoms with van der Waals surface area (Å²) >= 11 is 3.31. The van der Waals surface area contributed by atoms with Gasteiger partial charge in [-0.3, -0.25) is 0 Å². The highest BCUT2D eigenvalue weighted by molar-refractivity contribution is 9.10. The van der Waals surface area contributed by atoms with Crippen molar-refractivity contribution in [2.24, 2.45) is 0 Å². The number of rotatable bonds is 5. The zero-order valence-corrected chi connectivity index (χ0v) is 10.2. The molecule has 1 rings (SSSR count). The van der Waals surface area contributed by atoms with E-state index >= 15 is 0 Å². The molecule has 0 fully saturated rings. The first-order valence-corrected chi connectivity index (χ1v) is 5.63. The second-order valence-electron chi connectivity index (χ2n) is 3.10. The molecule has 0 spiro atoms. The van der Waals surface area contributed by atoms with Gasteiger partial charge in [0.15, 0.2) is 0 Å². The summed E-state index contributed by atoms with van der Waals surface area (Å²) < 4.78 is 0.843. The molecule has 0 saturated heterocycles. The van der Waals surface area contributed by atoms with E-state index in [9.17, 15) is 5.11 Å². The van der Waals surface area contributed by atoms with E-state index in [4.69, 9.17) is 5.11 Å². The number of nitrogens with zero attached hydrogens (tertiary/aromatic N) is 2. The van der Waals surface area contributed by atoms with Crippen molar-refractivity contribution < 1.29 is 10.2 Å². The van der Waals surface area contributed by atoms with Crippen molar-refractivity contribution in [1.29, 1.82) is 0 Å². The third-order valence-corrected chi connectivity index (χ3v) is 2.56. The minimum atomic E-state index is -0.0519. The molecule has 0 aromatic carbocycles. The number of aliphatic hydroxyl groups excluding tert-OH is 2. The highest BCUT2D eigenvalue weighted by Crippen LogP contribution is 2.21. The van der Waals surface area contributed by atoms with Crippen LogP contribution in [0.4, 0.5) is 5.82 Å². The van der Waals surface area contributed by atoms with Crippen molar-refractivity contribution in [3.8, 4) is 0 Å². The van der Waals surface area contributed by atoms with E-state index in [1.54, 1.807) is 6.20 Å². The van der Waals surface area contributed by atoms with Gasteiger partial charge in [0.2, 0.25) is 0 Å². The molecule has 1 aromatic heterocycles. The normalized spacial score (nSPS) is 10.4. The van der Waals surface area contributed by atoms with Gasteiger partial charge in [-0.1, -0.05) is 0 Å². The number of aliphatic hydroxyl groups is 2. The van der Waals surface area contributed by atoms with E-state index in [1.807, 2.05) is 17.9 Å². The first-order valence-electron chi connectivity index (χ1n) is 4.84. The van der Waals surface area contributed by atoms with Crippen molar-refractivity contribution in [2.45, 2.75) is 13.5 Å². The molecule has 0 aliphatic rings. The van der Waals surface area contributed by atoms with E-state index < -0.39 is 0 Å². The summed E-state index contributed by atoms with van der Waals surface area (Å²) in [4.78, 5) is 6.18. The maximum absolute atomic E-state index is 9.21. The van der Waals surface area contributed by atoms with Crippen LogP contribution in [0.5, 0.6) is 0 Å². The number of likely N-dealkylation sites (N-methyl/N-ethyl adjacent to an activating group) is 1. The molecule has 0 atom stereocenters. The first-order chi connectivity index (χ1) is 7.22. The van der Waals surface area contributed by atoms with Crippen LogP contribution >= 0.6 is 15.9 Å². The summed E-state index contributed by atoms with van der Waals surface area (Å²) in [7, 11) is 0. The highest BCUT2D eigenvalue weighted by atomic mass is 79.9. The lowest BCUT2D eigenvalue weighted by atomic mass is 10.2. The Bertz CT molecular complexity index is 320. The Balaban J connectivity index is 2.99. The molecule has 15 heavy (non-hydrogen) atoms. The summed E-state index contributed by atoms with van der Waals surface area (Å²) in [6.45, 7) is 3.29. The SMILES string of the molecule is CCN(CCO)c1ncc(Br)cc1CO. The Hall–Kier alpha value is -0.650. The van der Waals surface area contributed by atoms with Crippen molar-refractivity contribution in [3.05, 3.63) is 22.3 Å². The lowest BCUT2D eigenvalue weighted by Crippen LogP contribution is -2.28. The van der Waals surface area contributed by atoms with Crippen LogP contribution in [-0.4, -0.2) is 34.9 Å². The van der Waals surface area contributed by atoms with Gasteiger partial charge in [-0.25, -0.2) is 4.98 Å². The summed E-state index contributed by atoms with van der Waals surface area (Å²) in [5, 5.41) is 18.1. The summed E-state index contributed by atoms with van der Waals surface area (Å²) in [5.74, 6) is 0.734. The standard InChI is InChI=1S/C10H15BrN2O2/c1-2-13(3-4-14)10-8(7-15)5-9(11)6-12-10/h5-6,14-15H,2-4,7H2,1H3. The van der Waals surface area contributed by atoms with Gasteiger partial charge in [0.05, 0.1) is 13.2 Å². The Morgan fingerprint density at radius 3 is 2.73 bits per heavy atom. The Morgan fingerprint density at radius 2 is 2.20 bits per heavy atom. The fourth-order valence-corrected chi connectivity index (χ4v) is 1.79. The van der Waals surface area contributed by atoms with Crippen LogP contribution < -0.4 is 4.90 Å². The molecule has 0 saturated carbocycles. The van der Waals surface area contributed by atoms with Crippen LogP contribution in [0.15, 0.2) is 16.7 Å². The maximum Gasteiger partial charge on any atom is 0.134 e. The largest absolute Gasteiger partial charge is 0.395 e. The molecule has 84 valence electrons. The third kappa shape index (κ3) is 3.15. The van der Waals surface area contributed by atoms with Crippen LogP contribution in [0.2, 0.25) is 0 Å². The zero-order valence-electron chi connectivity index (χ0n) is 8.65. The fourth-order valence-electron chi connectivity index (χ4n) is 1.41. The van der Waals surface area contributed by atoms with Gasteiger partial charge in [0.25, 0.3) is 0 Å². The molecule has 2 N–H and O–H groups in total. The predicted molar refractivity (Wildman–Crippen MR) is 62.8 cm³/mol. The molecule has 0 unspecified atom stereocenters. The second kappa shape index (κ2) is 6.05. The molecule has 0 aliphatic carbocycles. The third-order valence-electron chi connectivity index (χ3n) is 2.13. The fraction of sp³-hybridized carbons (Fsp3) is 0.500. The van der Waals surface area contributed by atoms with Crippen LogP contribution in [0.1, 0.15) is 12.5 Å². The molecule has 1 heterocycles. The van der Waals surface area contributed by atoms with Gasteiger partial charge in [0.1, 0.15) is 5.82 Å². The predicted octanol–water partition coefficient (Wildman–Crippen LogP) is 1.16. The number of hydrogen-bond donors (Lipinski definition) is 2. The minimum absolute atomic E-state index is 0.0519. The number of pyridine rings is 1. The van der Waals surface area contributed by atoms with Crippen molar-refractivity contribution >= 4 is 21.7 Å².